The summed E-state index contributed by atoms with van der Waals surface area (Å²) in [6.45, 7) is 11.0. The number of rotatable bonds is 10. The third-order valence-electron chi connectivity index (χ3n) is 3.92. The lowest BCUT2D eigenvalue weighted by molar-refractivity contribution is 0.0634. The van der Waals surface area contributed by atoms with Crippen molar-refractivity contribution in [2.75, 3.05) is 26.9 Å². The van der Waals surface area contributed by atoms with Gasteiger partial charge in [0.1, 0.15) is 0 Å². The van der Waals surface area contributed by atoms with Crippen molar-refractivity contribution >= 4 is 29.8 Å². The van der Waals surface area contributed by atoms with Crippen molar-refractivity contribution in [2.45, 2.75) is 38.8 Å². The SMILES string of the molecule is CPOCOC(=O)NC(C)(C)c1cccc(C(C)(C)NC(=O)OCOPC)c1. The van der Waals surface area contributed by atoms with Crippen LogP contribution >= 0.6 is 17.6 Å². The molecular formula is C18H30N2O6P2. The molecule has 10 heteroatoms. The maximum absolute atomic E-state index is 12.0. The maximum Gasteiger partial charge on any atom is 0.409 e. The Kier molecular flexibility index (Phi) is 10.1. The lowest BCUT2D eigenvalue weighted by Gasteiger charge is -2.30. The van der Waals surface area contributed by atoms with Gasteiger partial charge in [-0.2, -0.15) is 0 Å². The average molecular weight is 432 g/mol. The zero-order chi connectivity index (χ0) is 21.2. The van der Waals surface area contributed by atoms with Gasteiger partial charge in [-0.05, 0) is 52.2 Å². The zero-order valence-electron chi connectivity index (χ0n) is 17.2. The van der Waals surface area contributed by atoms with E-state index in [9.17, 15) is 9.59 Å². The monoisotopic (exact) mass is 432 g/mol. The molecule has 2 amide bonds. The molecule has 1 rings (SSSR count). The summed E-state index contributed by atoms with van der Waals surface area (Å²) in [6, 6.07) is 7.60. The average Bonchev–Trinajstić information content (AvgIpc) is 2.61. The van der Waals surface area contributed by atoms with E-state index in [0.29, 0.717) is 0 Å². The molecule has 28 heavy (non-hydrogen) atoms. The maximum atomic E-state index is 12.0. The van der Waals surface area contributed by atoms with Crippen molar-refractivity contribution in [3.05, 3.63) is 35.4 Å². The predicted molar refractivity (Wildman–Crippen MR) is 112 cm³/mol. The molecule has 0 bridgehead atoms. The van der Waals surface area contributed by atoms with Crippen LogP contribution in [0, 0.1) is 0 Å². The van der Waals surface area contributed by atoms with Crippen LogP contribution in [-0.2, 0) is 29.6 Å². The van der Waals surface area contributed by atoms with Crippen LogP contribution in [0.4, 0.5) is 9.59 Å². The number of hydrogen-bond acceptors (Lipinski definition) is 6. The molecular weight excluding hydrogens is 402 g/mol. The molecule has 1 aromatic rings. The second-order valence-electron chi connectivity index (χ2n) is 6.88. The third kappa shape index (κ3) is 8.27. The second kappa shape index (κ2) is 11.5. The number of alkyl carbamates (subject to hydrolysis) is 2. The fraction of sp³-hybridized carbons (Fsp3) is 0.556. The molecule has 0 saturated carbocycles. The van der Waals surface area contributed by atoms with E-state index in [4.69, 9.17) is 18.5 Å². The number of amides is 2. The number of ether oxygens (including phenoxy) is 2. The topological polar surface area (TPSA) is 95.1 Å². The normalized spacial score (nSPS) is 12.5. The number of carbonyl (C=O) groups excluding carboxylic acids is 2. The van der Waals surface area contributed by atoms with E-state index in [1.807, 2.05) is 65.3 Å². The van der Waals surface area contributed by atoms with Crippen LogP contribution in [0.5, 0.6) is 0 Å². The fourth-order valence-electron chi connectivity index (χ4n) is 2.31. The molecule has 0 radical (unpaired) electrons. The molecule has 0 saturated heterocycles. The molecule has 2 atom stereocenters. The van der Waals surface area contributed by atoms with E-state index >= 15 is 0 Å². The number of nitrogens with one attached hydrogen (secondary N) is 2. The molecule has 0 heterocycles. The highest BCUT2D eigenvalue weighted by atomic mass is 31.1. The smallest absolute Gasteiger partial charge is 0.409 e. The molecule has 2 N–H and O–H groups in total. The Morgan fingerprint density at radius 2 is 1.25 bits per heavy atom. The molecule has 2 unspecified atom stereocenters. The Hall–Kier alpha value is -1.46. The first-order chi connectivity index (χ1) is 13.1. The van der Waals surface area contributed by atoms with Crippen molar-refractivity contribution in [1.82, 2.24) is 10.6 Å². The van der Waals surface area contributed by atoms with Crippen LogP contribution in [0.2, 0.25) is 0 Å². The lowest BCUT2D eigenvalue weighted by atomic mass is 9.87. The summed E-state index contributed by atoms with van der Waals surface area (Å²) < 4.78 is 20.1. The van der Waals surface area contributed by atoms with Crippen molar-refractivity contribution in [1.29, 1.82) is 0 Å². The van der Waals surface area contributed by atoms with Gasteiger partial charge in [0.05, 0.1) is 11.1 Å². The van der Waals surface area contributed by atoms with E-state index < -0.39 is 23.3 Å². The molecule has 8 nitrogen and oxygen atoms in total. The van der Waals surface area contributed by atoms with Crippen molar-refractivity contribution in [3.8, 4) is 0 Å². The van der Waals surface area contributed by atoms with Crippen LogP contribution in [-0.4, -0.2) is 39.1 Å². The minimum atomic E-state index is -0.686. The zero-order valence-corrected chi connectivity index (χ0v) is 19.2. The first-order valence-corrected chi connectivity index (χ1v) is 11.5. The highest BCUT2D eigenvalue weighted by Gasteiger charge is 2.28. The number of carbonyl (C=O) groups is 2. The lowest BCUT2D eigenvalue weighted by Crippen LogP contribution is -2.43. The minimum absolute atomic E-state index is 0.0851. The molecule has 0 aliphatic heterocycles. The van der Waals surface area contributed by atoms with E-state index in [0.717, 1.165) is 11.1 Å². The Morgan fingerprint density at radius 3 is 1.61 bits per heavy atom. The predicted octanol–water partition coefficient (Wildman–Crippen LogP) is 4.00. The molecule has 0 spiro atoms. The Bertz CT molecular complexity index is 603. The van der Waals surface area contributed by atoms with Crippen molar-refractivity contribution in [3.63, 3.8) is 0 Å². The summed E-state index contributed by atoms with van der Waals surface area (Å²) >= 11 is 0. The fourth-order valence-corrected chi connectivity index (χ4v) is 2.66. The molecule has 158 valence electrons. The minimum Gasteiger partial charge on any atom is -0.422 e. The van der Waals surface area contributed by atoms with Gasteiger partial charge in [-0.3, -0.25) is 0 Å². The van der Waals surface area contributed by atoms with E-state index in [-0.39, 0.29) is 31.2 Å². The van der Waals surface area contributed by atoms with Gasteiger partial charge in [0.15, 0.2) is 13.6 Å². The van der Waals surface area contributed by atoms with Crippen LogP contribution in [0.25, 0.3) is 0 Å². The number of hydrogen-bond donors (Lipinski definition) is 2. The Balaban J connectivity index is 2.82. The number of benzene rings is 1. The highest BCUT2D eigenvalue weighted by molar-refractivity contribution is 7.31. The van der Waals surface area contributed by atoms with Gasteiger partial charge in [0.2, 0.25) is 0 Å². The Labute approximate surface area is 170 Å². The first kappa shape index (κ1) is 24.6. The van der Waals surface area contributed by atoms with Gasteiger partial charge in [0.25, 0.3) is 0 Å². The van der Waals surface area contributed by atoms with E-state index in [1.54, 1.807) is 0 Å². The molecule has 0 aromatic heterocycles. The van der Waals surface area contributed by atoms with Crippen molar-refractivity contribution in [2.24, 2.45) is 0 Å². The Morgan fingerprint density at radius 1 is 0.857 bits per heavy atom. The first-order valence-electron chi connectivity index (χ1n) is 8.70. The van der Waals surface area contributed by atoms with Crippen LogP contribution in [0.1, 0.15) is 38.8 Å². The van der Waals surface area contributed by atoms with Gasteiger partial charge >= 0.3 is 12.2 Å². The van der Waals surface area contributed by atoms with Gasteiger partial charge in [0, 0.05) is 17.6 Å². The molecule has 0 fully saturated rings. The molecule has 0 aliphatic rings. The molecule has 0 aliphatic carbocycles. The summed E-state index contributed by atoms with van der Waals surface area (Å²) in [5.74, 6) is 0. The largest absolute Gasteiger partial charge is 0.422 e. The summed E-state index contributed by atoms with van der Waals surface area (Å²) in [5, 5.41) is 5.64. The van der Waals surface area contributed by atoms with Crippen LogP contribution < -0.4 is 10.6 Å². The third-order valence-corrected chi connectivity index (χ3v) is 4.73. The van der Waals surface area contributed by atoms with Crippen LogP contribution in [0.3, 0.4) is 0 Å². The van der Waals surface area contributed by atoms with E-state index in [2.05, 4.69) is 10.6 Å². The van der Waals surface area contributed by atoms with Gasteiger partial charge in [-0.1, -0.05) is 24.3 Å². The second-order valence-corrected chi connectivity index (χ2v) is 8.27. The van der Waals surface area contributed by atoms with Gasteiger partial charge in [-0.15, -0.1) is 0 Å². The summed E-state index contributed by atoms with van der Waals surface area (Å²) in [4.78, 5) is 23.9. The summed E-state index contributed by atoms with van der Waals surface area (Å²) in [7, 11) is 0.500. The summed E-state index contributed by atoms with van der Waals surface area (Å²) in [6.07, 6.45) is -1.13. The quantitative estimate of drug-likeness (QED) is 0.330. The van der Waals surface area contributed by atoms with Crippen LogP contribution in [0.15, 0.2) is 24.3 Å². The standard InChI is InChI=1S/C18H30N2O6P2/c1-17(2,19-15(21)23-11-25-27-5)13-8-7-9-14(10-13)18(3,4)20-16(22)24-12-26-28-6/h7-10,27-28H,11-12H2,1-6H3,(H,19,21)(H,20,22). The van der Waals surface area contributed by atoms with Gasteiger partial charge in [-0.25, -0.2) is 9.59 Å². The molecule has 1 aromatic carbocycles. The highest BCUT2D eigenvalue weighted by Crippen LogP contribution is 2.27. The van der Waals surface area contributed by atoms with Crippen molar-refractivity contribution < 1.29 is 28.1 Å². The van der Waals surface area contributed by atoms with E-state index in [1.165, 1.54) is 0 Å². The summed E-state index contributed by atoms with van der Waals surface area (Å²) in [5.41, 5.74) is 0.347. The van der Waals surface area contributed by atoms with Gasteiger partial charge < -0.3 is 29.2 Å².